The second-order valence-electron chi connectivity index (χ2n) is 4.31. The number of hydrogen-bond acceptors (Lipinski definition) is 4. The molecule has 8 heteroatoms. The quantitative estimate of drug-likeness (QED) is 0.594. The number of carboxylic acids is 2. The van der Waals surface area contributed by atoms with Crippen molar-refractivity contribution < 1.29 is 34.1 Å². The van der Waals surface area contributed by atoms with Crippen LogP contribution in [0.3, 0.4) is 0 Å². The van der Waals surface area contributed by atoms with E-state index < -0.39 is 35.5 Å². The topological polar surface area (TPSA) is 124 Å². The van der Waals surface area contributed by atoms with Crippen molar-refractivity contribution in [2.75, 3.05) is 0 Å². The molecule has 1 rings (SSSR count). The summed E-state index contributed by atoms with van der Waals surface area (Å²) in [6, 6.07) is 1.42. The first-order valence-corrected chi connectivity index (χ1v) is 6.05. The Morgan fingerprint density at radius 1 is 1.24 bits per heavy atom. The maximum Gasteiger partial charge on any atom is 0.326 e. The molecule has 0 saturated heterocycles. The zero-order valence-electron chi connectivity index (χ0n) is 10.9. The number of aliphatic carboxylic acids is 2. The molecule has 7 nitrogen and oxygen atoms in total. The van der Waals surface area contributed by atoms with E-state index in [1.165, 1.54) is 0 Å². The summed E-state index contributed by atoms with van der Waals surface area (Å²) >= 11 is 0. The monoisotopic (exact) mass is 299 g/mol. The second kappa shape index (κ2) is 7.22. The lowest BCUT2D eigenvalue weighted by atomic mass is 10.1. The van der Waals surface area contributed by atoms with Crippen LogP contribution in [0, 0.1) is 5.82 Å². The maximum absolute atomic E-state index is 12.8. The molecule has 0 spiro atoms. The van der Waals surface area contributed by atoms with E-state index in [4.69, 9.17) is 10.2 Å². The number of carbonyl (C=O) groups excluding carboxylic acids is 1. The lowest BCUT2D eigenvalue weighted by Crippen LogP contribution is -2.40. The highest BCUT2D eigenvalue weighted by molar-refractivity contribution is 5.98. The molecule has 0 fully saturated rings. The van der Waals surface area contributed by atoms with Crippen molar-refractivity contribution in [1.82, 2.24) is 5.32 Å². The first-order valence-electron chi connectivity index (χ1n) is 6.05. The van der Waals surface area contributed by atoms with Crippen molar-refractivity contribution in [3.63, 3.8) is 0 Å². The average molecular weight is 299 g/mol. The van der Waals surface area contributed by atoms with Gasteiger partial charge in [-0.3, -0.25) is 9.59 Å². The first-order chi connectivity index (χ1) is 9.81. The van der Waals surface area contributed by atoms with Crippen LogP contribution in [0.25, 0.3) is 0 Å². The summed E-state index contributed by atoms with van der Waals surface area (Å²) in [6.45, 7) is 0. The van der Waals surface area contributed by atoms with E-state index in [9.17, 15) is 23.9 Å². The van der Waals surface area contributed by atoms with Gasteiger partial charge >= 0.3 is 11.9 Å². The van der Waals surface area contributed by atoms with Crippen molar-refractivity contribution in [2.24, 2.45) is 0 Å². The third kappa shape index (κ3) is 5.09. The molecule has 0 aliphatic rings. The molecule has 0 aliphatic heterocycles. The van der Waals surface area contributed by atoms with Crippen LogP contribution >= 0.6 is 0 Å². The summed E-state index contributed by atoms with van der Waals surface area (Å²) in [5, 5.41) is 29.0. The average Bonchev–Trinajstić information content (AvgIpc) is 2.36. The molecule has 0 aromatic heterocycles. The van der Waals surface area contributed by atoms with Crippen LogP contribution in [0.1, 0.15) is 29.6 Å². The Hall–Kier alpha value is -2.64. The molecule has 1 aromatic carbocycles. The molecule has 1 atom stereocenters. The van der Waals surface area contributed by atoms with Crippen molar-refractivity contribution in [1.29, 1.82) is 0 Å². The van der Waals surface area contributed by atoms with Crippen molar-refractivity contribution >= 4 is 17.8 Å². The molecule has 4 N–H and O–H groups in total. The number of hydrogen-bond donors (Lipinski definition) is 4. The summed E-state index contributed by atoms with van der Waals surface area (Å²) in [7, 11) is 0. The molecule has 1 aromatic rings. The molecule has 0 unspecified atom stereocenters. The van der Waals surface area contributed by atoms with Crippen molar-refractivity contribution in [2.45, 2.75) is 25.3 Å². The SMILES string of the molecule is O=C(O)CCC[C@@H](NC(=O)c1ccc(F)cc1O)C(=O)O. The maximum atomic E-state index is 12.8. The van der Waals surface area contributed by atoms with Crippen LogP contribution in [0.2, 0.25) is 0 Å². The van der Waals surface area contributed by atoms with Gasteiger partial charge in [0.15, 0.2) is 0 Å². The van der Waals surface area contributed by atoms with Gasteiger partial charge in [0.25, 0.3) is 5.91 Å². The van der Waals surface area contributed by atoms with Crippen LogP contribution in [0.4, 0.5) is 4.39 Å². The number of phenolic OH excluding ortho intramolecular Hbond substituents is 1. The Labute approximate surface area is 119 Å². The van der Waals surface area contributed by atoms with E-state index in [0.717, 1.165) is 18.2 Å². The van der Waals surface area contributed by atoms with Gasteiger partial charge in [-0.15, -0.1) is 0 Å². The highest BCUT2D eigenvalue weighted by Gasteiger charge is 2.22. The Morgan fingerprint density at radius 3 is 2.43 bits per heavy atom. The van der Waals surface area contributed by atoms with Gasteiger partial charge in [0.2, 0.25) is 0 Å². The Bertz CT molecular complexity index is 560. The van der Waals surface area contributed by atoms with Crippen molar-refractivity contribution in [3.8, 4) is 5.75 Å². The molecule has 0 bridgehead atoms. The van der Waals surface area contributed by atoms with Crippen LogP contribution in [0.5, 0.6) is 5.75 Å². The van der Waals surface area contributed by atoms with Gasteiger partial charge in [-0.1, -0.05) is 0 Å². The molecule has 0 heterocycles. The number of rotatable bonds is 7. The van der Waals surface area contributed by atoms with E-state index in [1.54, 1.807) is 0 Å². The summed E-state index contributed by atoms with van der Waals surface area (Å²) in [5.41, 5.74) is -0.263. The number of benzene rings is 1. The van der Waals surface area contributed by atoms with Crippen LogP contribution in [0.15, 0.2) is 18.2 Å². The third-order valence-corrected chi connectivity index (χ3v) is 2.69. The van der Waals surface area contributed by atoms with Gasteiger partial charge in [-0.05, 0) is 25.0 Å². The molecule has 0 aliphatic carbocycles. The zero-order chi connectivity index (χ0) is 16.0. The van der Waals surface area contributed by atoms with Gasteiger partial charge in [-0.2, -0.15) is 0 Å². The number of amides is 1. The lowest BCUT2D eigenvalue weighted by Gasteiger charge is -2.14. The van der Waals surface area contributed by atoms with Gasteiger partial charge in [0.1, 0.15) is 17.6 Å². The highest BCUT2D eigenvalue weighted by Crippen LogP contribution is 2.18. The van der Waals surface area contributed by atoms with Gasteiger partial charge in [0, 0.05) is 12.5 Å². The Balaban J connectivity index is 2.72. The fraction of sp³-hybridized carbons (Fsp3) is 0.308. The minimum Gasteiger partial charge on any atom is -0.507 e. The van der Waals surface area contributed by atoms with Gasteiger partial charge < -0.3 is 20.6 Å². The highest BCUT2D eigenvalue weighted by atomic mass is 19.1. The summed E-state index contributed by atoms with van der Waals surface area (Å²) < 4.78 is 12.8. The van der Waals surface area contributed by atoms with Crippen LogP contribution in [-0.2, 0) is 9.59 Å². The fourth-order valence-electron chi connectivity index (χ4n) is 1.65. The minimum atomic E-state index is -1.32. The molecular formula is C13H14FNO6. The van der Waals surface area contributed by atoms with Crippen LogP contribution < -0.4 is 5.32 Å². The summed E-state index contributed by atoms with van der Waals surface area (Å²) in [6.07, 6.45) is -0.223. The summed E-state index contributed by atoms with van der Waals surface area (Å²) in [5.74, 6) is -4.62. The standard InChI is InChI=1S/C13H14FNO6/c14-7-4-5-8(10(16)6-7)12(19)15-9(13(20)21)2-1-3-11(17)18/h4-6,9,16H,1-3H2,(H,15,19)(H,17,18)(H,20,21)/t9-/m1/s1. The zero-order valence-corrected chi connectivity index (χ0v) is 10.9. The predicted molar refractivity (Wildman–Crippen MR) is 68.4 cm³/mol. The molecule has 1 amide bonds. The molecular weight excluding hydrogens is 285 g/mol. The third-order valence-electron chi connectivity index (χ3n) is 2.69. The van der Waals surface area contributed by atoms with Gasteiger partial charge in [0.05, 0.1) is 5.56 Å². The summed E-state index contributed by atoms with van der Waals surface area (Å²) in [4.78, 5) is 33.2. The number of nitrogens with one attached hydrogen (secondary N) is 1. The lowest BCUT2D eigenvalue weighted by molar-refractivity contribution is -0.140. The molecule has 0 saturated carbocycles. The smallest absolute Gasteiger partial charge is 0.326 e. The number of aromatic hydroxyl groups is 1. The van der Waals surface area contributed by atoms with E-state index in [-0.39, 0.29) is 24.8 Å². The number of halogens is 1. The number of phenols is 1. The second-order valence-corrected chi connectivity index (χ2v) is 4.31. The Kier molecular flexibility index (Phi) is 5.65. The number of carboxylic acid groups (broad SMARTS) is 2. The van der Waals surface area contributed by atoms with E-state index in [2.05, 4.69) is 5.32 Å². The molecule has 114 valence electrons. The predicted octanol–water partition coefficient (Wildman–Crippen LogP) is 0.969. The first kappa shape index (κ1) is 16.4. The van der Waals surface area contributed by atoms with Crippen molar-refractivity contribution in [3.05, 3.63) is 29.6 Å². The van der Waals surface area contributed by atoms with E-state index >= 15 is 0 Å². The van der Waals surface area contributed by atoms with E-state index in [1.807, 2.05) is 0 Å². The number of carbonyl (C=O) groups is 3. The van der Waals surface area contributed by atoms with Crippen LogP contribution in [-0.4, -0.2) is 39.2 Å². The van der Waals surface area contributed by atoms with Gasteiger partial charge in [-0.25, -0.2) is 9.18 Å². The van der Waals surface area contributed by atoms with E-state index in [0.29, 0.717) is 0 Å². The molecule has 21 heavy (non-hydrogen) atoms. The minimum absolute atomic E-state index is 0.0714. The normalized spacial score (nSPS) is 11.7. The Morgan fingerprint density at radius 2 is 1.90 bits per heavy atom. The fourth-order valence-corrected chi connectivity index (χ4v) is 1.65. The molecule has 0 radical (unpaired) electrons. The largest absolute Gasteiger partial charge is 0.507 e.